The van der Waals surface area contributed by atoms with E-state index in [0.29, 0.717) is 0 Å². The summed E-state index contributed by atoms with van der Waals surface area (Å²) in [5, 5.41) is 7.56. The molecule has 0 unspecified atom stereocenters. The first-order chi connectivity index (χ1) is 12.1. The average Bonchev–Trinajstić information content (AvgIpc) is 2.60. The molecule has 26 heavy (non-hydrogen) atoms. The smallest absolute Gasteiger partial charge is 0.241 e. The summed E-state index contributed by atoms with van der Waals surface area (Å²) in [5.74, 6) is -0.909. The van der Waals surface area contributed by atoms with Crippen LogP contribution in [0.2, 0.25) is 0 Å². The number of carbonyl (C=O) groups is 1. The van der Waals surface area contributed by atoms with Crippen LogP contribution in [0.4, 0.5) is 5.69 Å². The lowest BCUT2D eigenvalue weighted by Crippen LogP contribution is -2.18. The first-order valence-electron chi connectivity index (χ1n) is 7.42. The van der Waals surface area contributed by atoms with Crippen molar-refractivity contribution in [2.45, 2.75) is 16.2 Å². The fraction of sp³-hybridized carbons (Fsp3) is 0.188. The standard InChI is InChI=1S/C16H18N2O6S2/c1-24-14-8-7-12(11-15(14)26(17,22)23)18-16(19)9-10-25(20,21)13-5-3-2-4-6-13/h2-8,11H,9-10H2,1H3,(H,18,19)(H2,17,22,23). The van der Waals surface area contributed by atoms with Gasteiger partial charge >= 0.3 is 0 Å². The lowest BCUT2D eigenvalue weighted by Gasteiger charge is -2.10. The predicted molar refractivity (Wildman–Crippen MR) is 96.1 cm³/mol. The van der Waals surface area contributed by atoms with Crippen molar-refractivity contribution in [3.05, 3.63) is 48.5 Å². The first-order valence-corrected chi connectivity index (χ1v) is 10.6. The number of hydrogen-bond acceptors (Lipinski definition) is 6. The van der Waals surface area contributed by atoms with E-state index < -0.39 is 25.8 Å². The van der Waals surface area contributed by atoms with Crippen molar-refractivity contribution >= 4 is 31.5 Å². The van der Waals surface area contributed by atoms with Gasteiger partial charge in [0.1, 0.15) is 10.6 Å². The van der Waals surface area contributed by atoms with Gasteiger partial charge in [-0.3, -0.25) is 4.79 Å². The number of ether oxygens (including phenoxy) is 1. The molecule has 0 saturated carbocycles. The van der Waals surface area contributed by atoms with Gasteiger partial charge in [0.05, 0.1) is 17.8 Å². The Labute approximate surface area is 151 Å². The molecular weight excluding hydrogens is 380 g/mol. The van der Waals surface area contributed by atoms with Gasteiger partial charge in [0.25, 0.3) is 0 Å². The van der Waals surface area contributed by atoms with E-state index in [0.717, 1.165) is 6.07 Å². The average molecular weight is 398 g/mol. The summed E-state index contributed by atoms with van der Waals surface area (Å²) < 4.78 is 52.4. The molecule has 0 radical (unpaired) electrons. The van der Waals surface area contributed by atoms with Crippen LogP contribution in [0.25, 0.3) is 0 Å². The number of methoxy groups -OCH3 is 1. The molecule has 0 aliphatic carbocycles. The highest BCUT2D eigenvalue weighted by atomic mass is 32.2. The molecule has 0 fully saturated rings. The van der Waals surface area contributed by atoms with Crippen LogP contribution in [-0.2, 0) is 24.7 Å². The number of primary sulfonamides is 1. The normalized spacial score (nSPS) is 11.8. The third-order valence-corrected chi connectivity index (χ3v) is 6.12. The summed E-state index contributed by atoms with van der Waals surface area (Å²) in [6.45, 7) is 0. The second kappa shape index (κ2) is 7.85. The summed E-state index contributed by atoms with van der Waals surface area (Å²) in [4.78, 5) is 11.9. The number of nitrogens with two attached hydrogens (primary N) is 1. The molecule has 0 saturated heterocycles. The molecule has 0 bridgehead atoms. The molecule has 0 aromatic heterocycles. The van der Waals surface area contributed by atoms with Crippen molar-refractivity contribution < 1.29 is 26.4 Å². The number of nitrogens with one attached hydrogen (secondary N) is 1. The third-order valence-electron chi connectivity index (χ3n) is 3.45. The fourth-order valence-corrected chi connectivity index (χ4v) is 4.16. The molecule has 10 heteroatoms. The van der Waals surface area contributed by atoms with E-state index in [1.807, 2.05) is 0 Å². The van der Waals surface area contributed by atoms with Crippen LogP contribution in [0.1, 0.15) is 6.42 Å². The zero-order chi connectivity index (χ0) is 19.4. The molecule has 2 aromatic rings. The monoisotopic (exact) mass is 398 g/mol. The highest BCUT2D eigenvalue weighted by Gasteiger charge is 2.18. The zero-order valence-electron chi connectivity index (χ0n) is 13.9. The minimum absolute atomic E-state index is 0.0390. The molecule has 140 valence electrons. The molecule has 3 N–H and O–H groups in total. The van der Waals surface area contributed by atoms with E-state index in [-0.39, 0.29) is 33.4 Å². The third kappa shape index (κ3) is 5.04. The van der Waals surface area contributed by atoms with Gasteiger partial charge in [0.15, 0.2) is 9.84 Å². The number of sulfone groups is 1. The number of anilines is 1. The Kier molecular flexibility index (Phi) is 6.01. The molecular formula is C16H18N2O6S2. The molecule has 0 heterocycles. The van der Waals surface area contributed by atoms with E-state index in [9.17, 15) is 21.6 Å². The van der Waals surface area contributed by atoms with E-state index in [4.69, 9.17) is 9.88 Å². The van der Waals surface area contributed by atoms with Gasteiger partial charge in [0.2, 0.25) is 15.9 Å². The Balaban J connectivity index is 2.09. The summed E-state index contributed by atoms with van der Waals surface area (Å²) in [7, 11) is -6.35. The van der Waals surface area contributed by atoms with E-state index in [2.05, 4.69) is 5.32 Å². The maximum absolute atomic E-state index is 12.2. The number of sulfonamides is 1. The molecule has 0 aliphatic rings. The van der Waals surface area contributed by atoms with Crippen LogP contribution in [0.3, 0.4) is 0 Å². The quantitative estimate of drug-likeness (QED) is 0.719. The van der Waals surface area contributed by atoms with Crippen LogP contribution in [0.5, 0.6) is 5.75 Å². The summed E-state index contributed by atoms with van der Waals surface area (Å²) in [5.41, 5.74) is 0.164. The second-order valence-corrected chi connectivity index (χ2v) is 8.98. The highest BCUT2D eigenvalue weighted by molar-refractivity contribution is 7.91. The Morgan fingerprint density at radius 3 is 2.31 bits per heavy atom. The minimum Gasteiger partial charge on any atom is -0.495 e. The van der Waals surface area contributed by atoms with E-state index in [1.165, 1.54) is 31.4 Å². The van der Waals surface area contributed by atoms with Crippen LogP contribution in [0.15, 0.2) is 58.3 Å². The van der Waals surface area contributed by atoms with Gasteiger partial charge in [-0.05, 0) is 30.3 Å². The Morgan fingerprint density at radius 2 is 1.73 bits per heavy atom. The lowest BCUT2D eigenvalue weighted by molar-refractivity contribution is -0.115. The van der Waals surface area contributed by atoms with Crippen molar-refractivity contribution in [1.29, 1.82) is 0 Å². The van der Waals surface area contributed by atoms with Crippen molar-refractivity contribution in [3.63, 3.8) is 0 Å². The maximum atomic E-state index is 12.2. The van der Waals surface area contributed by atoms with Crippen molar-refractivity contribution in [2.75, 3.05) is 18.2 Å². The SMILES string of the molecule is COc1ccc(NC(=O)CCS(=O)(=O)c2ccccc2)cc1S(N)(=O)=O. The summed E-state index contributed by atoms with van der Waals surface area (Å²) in [6, 6.07) is 11.7. The summed E-state index contributed by atoms with van der Waals surface area (Å²) in [6.07, 6.45) is -0.284. The van der Waals surface area contributed by atoms with Crippen molar-refractivity contribution in [2.24, 2.45) is 5.14 Å². The number of hydrogen-bond donors (Lipinski definition) is 2. The number of benzene rings is 2. The molecule has 0 aliphatic heterocycles. The number of amides is 1. The largest absolute Gasteiger partial charge is 0.495 e. The van der Waals surface area contributed by atoms with Crippen LogP contribution in [-0.4, -0.2) is 35.6 Å². The number of carbonyl (C=O) groups excluding carboxylic acids is 1. The lowest BCUT2D eigenvalue weighted by atomic mass is 10.3. The van der Waals surface area contributed by atoms with Crippen LogP contribution >= 0.6 is 0 Å². The van der Waals surface area contributed by atoms with Gasteiger partial charge in [-0.1, -0.05) is 18.2 Å². The van der Waals surface area contributed by atoms with Gasteiger partial charge in [-0.15, -0.1) is 0 Å². The van der Waals surface area contributed by atoms with Gasteiger partial charge in [0, 0.05) is 12.1 Å². The maximum Gasteiger partial charge on any atom is 0.241 e. The fourth-order valence-electron chi connectivity index (χ4n) is 2.17. The van der Waals surface area contributed by atoms with Gasteiger partial charge in [-0.2, -0.15) is 0 Å². The Hall–Kier alpha value is -2.43. The molecule has 0 spiro atoms. The second-order valence-electron chi connectivity index (χ2n) is 5.34. The van der Waals surface area contributed by atoms with Crippen LogP contribution in [0, 0.1) is 0 Å². The van der Waals surface area contributed by atoms with Gasteiger partial charge in [-0.25, -0.2) is 22.0 Å². The van der Waals surface area contributed by atoms with E-state index >= 15 is 0 Å². The first kappa shape index (κ1) is 19.9. The van der Waals surface area contributed by atoms with Crippen molar-refractivity contribution in [1.82, 2.24) is 0 Å². The van der Waals surface area contributed by atoms with Crippen molar-refractivity contribution in [3.8, 4) is 5.75 Å². The molecule has 2 aromatic carbocycles. The zero-order valence-corrected chi connectivity index (χ0v) is 15.5. The van der Waals surface area contributed by atoms with Gasteiger partial charge < -0.3 is 10.1 Å². The van der Waals surface area contributed by atoms with Crippen LogP contribution < -0.4 is 15.2 Å². The predicted octanol–water partition coefficient (Wildman–Crippen LogP) is 1.15. The highest BCUT2D eigenvalue weighted by Crippen LogP contribution is 2.26. The molecule has 1 amide bonds. The molecule has 8 nitrogen and oxygen atoms in total. The summed E-state index contributed by atoms with van der Waals surface area (Å²) >= 11 is 0. The molecule has 2 rings (SSSR count). The van der Waals surface area contributed by atoms with E-state index in [1.54, 1.807) is 18.2 Å². The Bertz CT molecular complexity index is 1000. The number of rotatable bonds is 7. The topological polar surface area (TPSA) is 133 Å². The molecule has 0 atom stereocenters. The Morgan fingerprint density at radius 1 is 1.08 bits per heavy atom. The minimum atomic E-state index is -4.05.